The predicted molar refractivity (Wildman–Crippen MR) is 200 cm³/mol. The first-order valence-corrected chi connectivity index (χ1v) is 21.1. The summed E-state index contributed by atoms with van der Waals surface area (Å²) in [4.78, 5) is 43.0. The number of rotatable bonds is 31. The van der Waals surface area contributed by atoms with Crippen molar-refractivity contribution in [1.82, 2.24) is 0 Å². The number of hydrogen-bond donors (Lipinski definition) is 5. The molecule has 0 radical (unpaired) electrons. The summed E-state index contributed by atoms with van der Waals surface area (Å²) in [6, 6.07) is 0. The Labute approximate surface area is 307 Å². The minimum Gasteiger partial charge on any atom is -0.462 e. The van der Waals surface area contributed by atoms with Gasteiger partial charge in [0.2, 0.25) is 0 Å². The first-order valence-electron chi connectivity index (χ1n) is 19.5. The third-order valence-electron chi connectivity index (χ3n) is 9.23. The molecule has 0 saturated heterocycles. The Bertz CT molecular complexity index is 1040. The summed E-state index contributed by atoms with van der Waals surface area (Å²) < 4.78 is 26.3. The molecule has 12 heteroatoms. The fourth-order valence-corrected chi connectivity index (χ4v) is 6.58. The van der Waals surface area contributed by atoms with Crippen LogP contribution in [0.2, 0.25) is 0 Å². The maximum atomic E-state index is 12.5. The average Bonchev–Trinajstić information content (AvgIpc) is 3.35. The van der Waals surface area contributed by atoms with Crippen molar-refractivity contribution in [2.24, 2.45) is 11.8 Å². The van der Waals surface area contributed by atoms with Gasteiger partial charge in [-0.3, -0.25) is 14.1 Å². The predicted octanol–water partition coefficient (Wildman–Crippen LogP) is 7.78. The molecule has 0 unspecified atom stereocenters. The molecule has 1 aliphatic rings. The monoisotopic (exact) mass is 744 g/mol. The lowest BCUT2D eigenvalue weighted by molar-refractivity contribution is -0.160. The number of aliphatic hydroxyl groups excluding tert-OH is 3. The Morgan fingerprint density at radius 2 is 1.37 bits per heavy atom. The number of allylic oxidation sites excluding steroid dienone is 3. The molecule has 11 nitrogen and oxygen atoms in total. The van der Waals surface area contributed by atoms with Crippen molar-refractivity contribution < 1.29 is 53.3 Å². The molecule has 1 rings (SSSR count). The maximum absolute atomic E-state index is 12.5. The molecule has 1 fully saturated rings. The van der Waals surface area contributed by atoms with Gasteiger partial charge in [0.05, 0.1) is 31.3 Å². The molecule has 0 aromatic carbocycles. The highest BCUT2D eigenvalue weighted by Gasteiger charge is 2.39. The van der Waals surface area contributed by atoms with Crippen LogP contribution in [-0.2, 0) is 28.2 Å². The number of ether oxygens (including phenoxy) is 2. The van der Waals surface area contributed by atoms with Gasteiger partial charge in [-0.25, -0.2) is 4.57 Å². The Morgan fingerprint density at radius 1 is 0.765 bits per heavy atom. The van der Waals surface area contributed by atoms with Crippen LogP contribution >= 0.6 is 7.82 Å². The molecule has 6 atom stereocenters. The topological polar surface area (TPSA) is 180 Å². The van der Waals surface area contributed by atoms with Gasteiger partial charge in [0, 0.05) is 18.8 Å². The molecular formula is C39H69O11P. The third kappa shape index (κ3) is 25.7. The number of esters is 2. The number of phosphoric acid groups is 1. The number of unbranched alkanes of at least 4 members (excludes halogenated alkanes) is 13. The molecule has 0 amide bonds. The Morgan fingerprint density at radius 3 is 2.02 bits per heavy atom. The number of carbonyl (C=O) groups excluding carboxylic acids is 2. The first-order chi connectivity index (χ1) is 24.5. The van der Waals surface area contributed by atoms with Crippen LogP contribution in [0.4, 0.5) is 0 Å². The molecule has 0 aromatic heterocycles. The molecule has 0 aliphatic heterocycles. The molecule has 51 heavy (non-hydrogen) atoms. The highest BCUT2D eigenvalue weighted by atomic mass is 31.2. The van der Waals surface area contributed by atoms with Crippen LogP contribution in [0, 0.1) is 11.8 Å². The van der Waals surface area contributed by atoms with Crippen LogP contribution in [0.5, 0.6) is 0 Å². The van der Waals surface area contributed by atoms with Crippen LogP contribution in [0.1, 0.15) is 149 Å². The highest BCUT2D eigenvalue weighted by Crippen LogP contribution is 2.37. The van der Waals surface area contributed by atoms with E-state index in [1.54, 1.807) is 24.3 Å². The van der Waals surface area contributed by atoms with Gasteiger partial charge < -0.3 is 34.6 Å². The largest absolute Gasteiger partial charge is 0.469 e. The van der Waals surface area contributed by atoms with Crippen LogP contribution in [0.25, 0.3) is 0 Å². The van der Waals surface area contributed by atoms with Crippen molar-refractivity contribution in [3.8, 4) is 0 Å². The molecule has 0 heterocycles. The van der Waals surface area contributed by atoms with E-state index in [-0.39, 0.29) is 31.1 Å². The van der Waals surface area contributed by atoms with E-state index in [0.29, 0.717) is 19.3 Å². The molecule has 0 spiro atoms. The van der Waals surface area contributed by atoms with Crippen molar-refractivity contribution in [2.45, 2.75) is 173 Å². The summed E-state index contributed by atoms with van der Waals surface area (Å²) in [5.74, 6) is -1.83. The standard InChI is InChI=1S/C39H69O11P/c1-3-5-7-8-9-10-11-12-13-14-15-16-17-18-20-25-38(43)48-30-33(31-49-51(45,46)47)50-39(44)26-22-21-24-34-35(37(42)29-36(34)41)28-27-32(40)23-19-6-4-2/h10-11,21-22,27-28,32-37,40-42H,3-9,12-20,23-26,29-31H2,1-2H3,(H2,45,46,47)/b11-10-,22-21-,28-27+/t32-,33-,34+,35-,36+,37-/m1/s1. The van der Waals surface area contributed by atoms with Gasteiger partial charge in [0.1, 0.15) is 6.61 Å². The van der Waals surface area contributed by atoms with Gasteiger partial charge in [-0.05, 0) is 50.9 Å². The zero-order chi connectivity index (χ0) is 37.7. The lowest BCUT2D eigenvalue weighted by Gasteiger charge is -2.20. The van der Waals surface area contributed by atoms with Gasteiger partial charge in [0.25, 0.3) is 0 Å². The van der Waals surface area contributed by atoms with E-state index in [9.17, 15) is 29.5 Å². The van der Waals surface area contributed by atoms with Crippen LogP contribution in [-0.4, -0.2) is 74.7 Å². The number of hydrogen-bond acceptors (Lipinski definition) is 9. The van der Waals surface area contributed by atoms with Gasteiger partial charge in [-0.2, -0.15) is 0 Å². The SMILES string of the molecule is CCCCCC/C=C\CCCCCCCCCC(=O)OC[C@H](COP(=O)(O)O)OC(=O)C/C=C\C[C@H]1[C@@H](/C=C/[C@H](O)CCCCC)[C@H](O)C[C@@H]1O. The summed E-state index contributed by atoms with van der Waals surface area (Å²) in [5.41, 5.74) is 0. The lowest BCUT2D eigenvalue weighted by atomic mass is 9.89. The van der Waals surface area contributed by atoms with Gasteiger partial charge >= 0.3 is 19.8 Å². The summed E-state index contributed by atoms with van der Waals surface area (Å²) in [5, 5.41) is 31.2. The minimum atomic E-state index is -4.85. The van der Waals surface area contributed by atoms with Crippen molar-refractivity contribution in [3.63, 3.8) is 0 Å². The van der Waals surface area contributed by atoms with E-state index >= 15 is 0 Å². The molecule has 5 N–H and O–H groups in total. The Hall–Kier alpha value is -1.85. The van der Waals surface area contributed by atoms with Gasteiger partial charge in [-0.15, -0.1) is 0 Å². The van der Waals surface area contributed by atoms with Crippen molar-refractivity contribution in [3.05, 3.63) is 36.5 Å². The van der Waals surface area contributed by atoms with Gasteiger partial charge in [-0.1, -0.05) is 121 Å². The quantitative estimate of drug-likeness (QED) is 0.0202. The van der Waals surface area contributed by atoms with Crippen LogP contribution in [0.3, 0.4) is 0 Å². The molecule has 0 bridgehead atoms. The molecule has 0 aromatic rings. The van der Waals surface area contributed by atoms with E-state index in [0.717, 1.165) is 44.9 Å². The normalized spacial score (nSPS) is 20.8. The number of aliphatic hydroxyl groups is 3. The zero-order valence-electron chi connectivity index (χ0n) is 31.3. The van der Waals surface area contributed by atoms with Gasteiger partial charge in [0.15, 0.2) is 6.10 Å². The fraction of sp³-hybridized carbons (Fsp3) is 0.795. The third-order valence-corrected chi connectivity index (χ3v) is 9.72. The van der Waals surface area contributed by atoms with Crippen molar-refractivity contribution in [1.29, 1.82) is 0 Å². The second-order valence-corrected chi connectivity index (χ2v) is 15.1. The van der Waals surface area contributed by atoms with Crippen molar-refractivity contribution >= 4 is 19.8 Å². The molecule has 296 valence electrons. The summed E-state index contributed by atoms with van der Waals surface area (Å²) >= 11 is 0. The van der Waals surface area contributed by atoms with E-state index in [1.807, 2.05) is 0 Å². The van der Waals surface area contributed by atoms with E-state index in [2.05, 4.69) is 30.5 Å². The molecule has 1 aliphatic carbocycles. The zero-order valence-corrected chi connectivity index (χ0v) is 32.2. The van der Waals surface area contributed by atoms with E-state index in [4.69, 9.17) is 19.3 Å². The summed E-state index contributed by atoms with van der Waals surface area (Å²) in [7, 11) is -4.85. The average molecular weight is 745 g/mol. The second-order valence-electron chi connectivity index (χ2n) is 13.9. The molecule has 1 saturated carbocycles. The maximum Gasteiger partial charge on any atom is 0.469 e. The second kappa shape index (κ2) is 29.6. The molecular weight excluding hydrogens is 675 g/mol. The smallest absolute Gasteiger partial charge is 0.462 e. The van der Waals surface area contributed by atoms with E-state index in [1.165, 1.54) is 51.4 Å². The highest BCUT2D eigenvalue weighted by molar-refractivity contribution is 7.46. The van der Waals surface area contributed by atoms with Crippen molar-refractivity contribution in [2.75, 3.05) is 13.2 Å². The summed E-state index contributed by atoms with van der Waals surface area (Å²) in [6.07, 6.45) is 27.1. The van der Waals surface area contributed by atoms with Crippen LogP contribution in [0.15, 0.2) is 36.5 Å². The first kappa shape index (κ1) is 47.2. The number of phosphoric ester groups is 1. The number of carbonyl (C=O) groups is 2. The minimum absolute atomic E-state index is 0.168. The lowest BCUT2D eigenvalue weighted by Crippen LogP contribution is -2.29. The fourth-order valence-electron chi connectivity index (χ4n) is 6.22. The Balaban J connectivity index is 2.38. The Kier molecular flexibility index (Phi) is 27.4. The van der Waals surface area contributed by atoms with E-state index < -0.39 is 57.4 Å². The van der Waals surface area contributed by atoms with Crippen LogP contribution < -0.4 is 0 Å². The summed E-state index contributed by atoms with van der Waals surface area (Å²) in [6.45, 7) is 3.27.